The maximum Gasteiger partial charge on any atom is 0.234 e. The van der Waals surface area contributed by atoms with Crippen LogP contribution in [0.25, 0.3) is 0 Å². The highest BCUT2D eigenvalue weighted by Crippen LogP contribution is 2.07. The third-order valence-corrected chi connectivity index (χ3v) is 2.69. The zero-order valence-corrected chi connectivity index (χ0v) is 9.25. The van der Waals surface area contributed by atoms with Gasteiger partial charge < -0.3 is 10.6 Å². The van der Waals surface area contributed by atoms with Crippen molar-refractivity contribution in [3.63, 3.8) is 0 Å². The molecule has 0 aromatic rings. The molecule has 1 atom stereocenters. The highest BCUT2D eigenvalue weighted by Gasteiger charge is 2.22. The average molecular weight is 209 g/mol. The molecule has 0 radical (unpaired) electrons. The number of rotatable bonds is 5. The molecule has 0 aliphatic carbocycles. The summed E-state index contributed by atoms with van der Waals surface area (Å²) in [7, 11) is 0. The first-order valence-corrected chi connectivity index (χ1v) is 5.42. The molecule has 1 saturated heterocycles. The van der Waals surface area contributed by atoms with E-state index in [9.17, 15) is 4.79 Å². The van der Waals surface area contributed by atoms with Crippen LogP contribution in [0, 0.1) is 12.3 Å². The lowest BCUT2D eigenvalue weighted by atomic mass is 10.2. The summed E-state index contributed by atoms with van der Waals surface area (Å²) in [4.78, 5) is 13.6. The van der Waals surface area contributed by atoms with E-state index in [0.29, 0.717) is 19.1 Å². The normalized spacial score (nSPS) is 20.2. The SMILES string of the molecule is C#CCNC(=O)CN(CC)C1CCNC1. The third kappa shape index (κ3) is 3.90. The molecule has 0 aromatic carbocycles. The highest BCUT2D eigenvalue weighted by molar-refractivity contribution is 5.78. The van der Waals surface area contributed by atoms with Crippen LogP contribution in [0.5, 0.6) is 0 Å². The number of amides is 1. The summed E-state index contributed by atoms with van der Waals surface area (Å²) < 4.78 is 0. The van der Waals surface area contributed by atoms with Gasteiger partial charge in [0.15, 0.2) is 0 Å². The molecule has 1 heterocycles. The molecule has 15 heavy (non-hydrogen) atoms. The number of nitrogens with one attached hydrogen (secondary N) is 2. The van der Waals surface area contributed by atoms with Crippen LogP contribution in [0.1, 0.15) is 13.3 Å². The quantitative estimate of drug-likeness (QED) is 0.595. The van der Waals surface area contributed by atoms with Gasteiger partial charge in [0.05, 0.1) is 13.1 Å². The minimum Gasteiger partial charge on any atom is -0.344 e. The minimum absolute atomic E-state index is 0.0155. The van der Waals surface area contributed by atoms with E-state index in [2.05, 4.69) is 28.4 Å². The molecule has 1 fully saturated rings. The lowest BCUT2D eigenvalue weighted by Gasteiger charge is -2.25. The maximum absolute atomic E-state index is 11.5. The first-order valence-electron chi connectivity index (χ1n) is 5.42. The molecule has 1 aliphatic heterocycles. The molecule has 4 nitrogen and oxygen atoms in total. The van der Waals surface area contributed by atoms with Crippen LogP contribution in [0.3, 0.4) is 0 Å². The molecule has 2 N–H and O–H groups in total. The van der Waals surface area contributed by atoms with Crippen molar-refractivity contribution in [2.24, 2.45) is 0 Å². The molecule has 0 saturated carbocycles. The van der Waals surface area contributed by atoms with Crippen molar-refractivity contribution in [3.05, 3.63) is 0 Å². The Hall–Kier alpha value is -1.05. The van der Waals surface area contributed by atoms with Crippen molar-refractivity contribution < 1.29 is 4.79 Å². The van der Waals surface area contributed by atoms with Crippen molar-refractivity contribution in [1.82, 2.24) is 15.5 Å². The maximum atomic E-state index is 11.5. The summed E-state index contributed by atoms with van der Waals surface area (Å²) in [5.41, 5.74) is 0. The van der Waals surface area contributed by atoms with E-state index in [1.807, 2.05) is 0 Å². The predicted molar refractivity (Wildman–Crippen MR) is 60.4 cm³/mol. The zero-order chi connectivity index (χ0) is 11.1. The fourth-order valence-corrected chi connectivity index (χ4v) is 1.84. The summed E-state index contributed by atoms with van der Waals surface area (Å²) in [6, 6.07) is 0.492. The van der Waals surface area contributed by atoms with Gasteiger partial charge in [-0.05, 0) is 19.5 Å². The van der Waals surface area contributed by atoms with Crippen molar-refractivity contribution >= 4 is 5.91 Å². The summed E-state index contributed by atoms with van der Waals surface area (Å²) in [6.07, 6.45) is 6.20. The molecule has 1 amide bonds. The molecule has 84 valence electrons. The Labute approximate surface area is 91.4 Å². The van der Waals surface area contributed by atoms with Gasteiger partial charge in [-0.25, -0.2) is 0 Å². The molecular weight excluding hydrogens is 190 g/mol. The second-order valence-electron chi connectivity index (χ2n) is 3.69. The van der Waals surface area contributed by atoms with Crippen LogP contribution >= 0.6 is 0 Å². The Morgan fingerprint density at radius 2 is 2.53 bits per heavy atom. The fourth-order valence-electron chi connectivity index (χ4n) is 1.84. The Bertz CT molecular complexity index is 241. The summed E-state index contributed by atoms with van der Waals surface area (Å²) in [5, 5.41) is 5.98. The predicted octanol–water partition coefficient (Wildman–Crippen LogP) is -0.580. The first-order chi connectivity index (χ1) is 7.27. The molecule has 1 unspecified atom stereocenters. The van der Waals surface area contributed by atoms with Crippen LogP contribution in [-0.2, 0) is 4.79 Å². The van der Waals surface area contributed by atoms with Crippen molar-refractivity contribution in [2.45, 2.75) is 19.4 Å². The molecule has 0 bridgehead atoms. The Morgan fingerprint density at radius 3 is 3.07 bits per heavy atom. The number of carbonyl (C=O) groups is 1. The Balaban J connectivity index is 2.32. The second-order valence-corrected chi connectivity index (χ2v) is 3.69. The second kappa shape index (κ2) is 6.44. The standard InChI is InChI=1S/C11H19N3O/c1-3-6-13-11(15)9-14(4-2)10-5-7-12-8-10/h1,10,12H,4-9H2,2H3,(H,13,15). The summed E-state index contributed by atoms with van der Waals surface area (Å²) in [5.74, 6) is 2.41. The monoisotopic (exact) mass is 209 g/mol. The number of hydrogen-bond donors (Lipinski definition) is 2. The van der Waals surface area contributed by atoms with E-state index in [1.165, 1.54) is 0 Å². The van der Waals surface area contributed by atoms with Gasteiger partial charge >= 0.3 is 0 Å². The number of hydrogen-bond acceptors (Lipinski definition) is 3. The lowest BCUT2D eigenvalue weighted by Crippen LogP contribution is -2.43. The third-order valence-electron chi connectivity index (χ3n) is 2.69. The summed E-state index contributed by atoms with van der Waals surface area (Å²) in [6.45, 7) is 5.77. The van der Waals surface area contributed by atoms with Crippen LogP contribution in [0.15, 0.2) is 0 Å². The van der Waals surface area contributed by atoms with Gasteiger partial charge in [0.1, 0.15) is 0 Å². The van der Waals surface area contributed by atoms with Gasteiger partial charge in [0.2, 0.25) is 5.91 Å². The Morgan fingerprint density at radius 1 is 1.73 bits per heavy atom. The largest absolute Gasteiger partial charge is 0.344 e. The van der Waals surface area contributed by atoms with Gasteiger partial charge in [0.25, 0.3) is 0 Å². The van der Waals surface area contributed by atoms with Crippen LogP contribution < -0.4 is 10.6 Å². The van der Waals surface area contributed by atoms with Crippen molar-refractivity contribution in [2.75, 3.05) is 32.7 Å². The first kappa shape index (κ1) is 12.0. The van der Waals surface area contributed by atoms with E-state index in [0.717, 1.165) is 26.1 Å². The van der Waals surface area contributed by atoms with Gasteiger partial charge in [-0.2, -0.15) is 0 Å². The van der Waals surface area contributed by atoms with Gasteiger partial charge in [0, 0.05) is 12.6 Å². The Kier molecular flexibility index (Phi) is 5.16. The lowest BCUT2D eigenvalue weighted by molar-refractivity contribution is -0.122. The van der Waals surface area contributed by atoms with Crippen molar-refractivity contribution in [3.8, 4) is 12.3 Å². The smallest absolute Gasteiger partial charge is 0.234 e. The highest BCUT2D eigenvalue weighted by atomic mass is 16.2. The zero-order valence-electron chi connectivity index (χ0n) is 9.25. The molecule has 1 aliphatic rings. The van der Waals surface area contributed by atoms with Gasteiger partial charge in [-0.1, -0.05) is 12.8 Å². The van der Waals surface area contributed by atoms with Crippen LogP contribution in [0.2, 0.25) is 0 Å². The number of nitrogens with zero attached hydrogens (tertiary/aromatic N) is 1. The molecule has 4 heteroatoms. The van der Waals surface area contributed by atoms with E-state index >= 15 is 0 Å². The van der Waals surface area contributed by atoms with Crippen LogP contribution in [0.4, 0.5) is 0 Å². The summed E-state index contributed by atoms with van der Waals surface area (Å²) >= 11 is 0. The van der Waals surface area contributed by atoms with Gasteiger partial charge in [-0.15, -0.1) is 6.42 Å². The van der Waals surface area contributed by atoms with Gasteiger partial charge in [-0.3, -0.25) is 9.69 Å². The van der Waals surface area contributed by atoms with E-state index in [-0.39, 0.29) is 5.91 Å². The molecule has 1 rings (SSSR count). The van der Waals surface area contributed by atoms with E-state index in [4.69, 9.17) is 6.42 Å². The molecule has 0 spiro atoms. The van der Waals surface area contributed by atoms with E-state index < -0.39 is 0 Å². The topological polar surface area (TPSA) is 44.4 Å². The average Bonchev–Trinajstić information content (AvgIpc) is 2.76. The number of carbonyl (C=O) groups excluding carboxylic acids is 1. The fraction of sp³-hybridized carbons (Fsp3) is 0.727. The number of terminal acetylenes is 1. The van der Waals surface area contributed by atoms with E-state index in [1.54, 1.807) is 0 Å². The van der Waals surface area contributed by atoms with Crippen molar-refractivity contribution in [1.29, 1.82) is 0 Å². The minimum atomic E-state index is 0.0155. The molecular formula is C11H19N3O. The van der Waals surface area contributed by atoms with Crippen LogP contribution in [-0.4, -0.2) is 49.6 Å². The number of likely N-dealkylation sites (N-methyl/N-ethyl adjacent to an activating group) is 1. The molecule has 0 aromatic heterocycles.